The van der Waals surface area contributed by atoms with E-state index < -0.39 is 0 Å². The number of carbonyl (C=O) groups is 1. The number of nitrogens with one attached hydrogen (secondary N) is 1. The van der Waals surface area contributed by atoms with E-state index in [2.05, 4.69) is 27.7 Å². The molecule has 1 aliphatic carbocycles. The maximum Gasteiger partial charge on any atom is 0.273 e. The monoisotopic (exact) mass is 368 g/mol. The van der Waals surface area contributed by atoms with Gasteiger partial charge in [-0.15, -0.1) is 17.5 Å². The van der Waals surface area contributed by atoms with Gasteiger partial charge < -0.3 is 15.6 Å². The summed E-state index contributed by atoms with van der Waals surface area (Å²) in [6, 6.07) is 2.43. The average Bonchev–Trinajstić information content (AvgIpc) is 3.23. The number of nitrogens with two attached hydrogens (primary N) is 1. The average molecular weight is 369 g/mol. The van der Waals surface area contributed by atoms with Crippen molar-refractivity contribution in [2.24, 2.45) is 5.73 Å². The van der Waals surface area contributed by atoms with Gasteiger partial charge in [-0.3, -0.25) is 4.79 Å². The van der Waals surface area contributed by atoms with Crippen LogP contribution in [0.1, 0.15) is 67.0 Å². The molecule has 9 heteroatoms. The maximum atomic E-state index is 12.2. The molecule has 0 atom stereocenters. The summed E-state index contributed by atoms with van der Waals surface area (Å²) in [7, 11) is 0. The van der Waals surface area contributed by atoms with Gasteiger partial charge >= 0.3 is 0 Å². The molecule has 3 N–H and O–H groups in total. The Bertz CT molecular complexity index is 678. The van der Waals surface area contributed by atoms with Crippen molar-refractivity contribution < 1.29 is 9.32 Å². The molecule has 1 aliphatic rings. The number of hydrogen-bond acceptors (Lipinski definition) is 6. The van der Waals surface area contributed by atoms with Gasteiger partial charge in [0.2, 0.25) is 0 Å². The van der Waals surface area contributed by atoms with E-state index in [1.54, 1.807) is 10.9 Å². The van der Waals surface area contributed by atoms with Crippen LogP contribution >= 0.6 is 12.4 Å². The number of halogens is 1. The standard InChI is InChI=1S/C16H24N6O2.ClH/c1-2-3-12-8-14(24-20-12)9-18-16(23)15-10-22(21-19-15)13-6-4-11(17)5-7-13;/h8,10-11,13H,2-7,9,17H2,1H3,(H,18,23);1H. The number of hydrogen-bond donors (Lipinski definition) is 2. The van der Waals surface area contributed by atoms with E-state index in [1.165, 1.54) is 0 Å². The highest BCUT2D eigenvalue weighted by Crippen LogP contribution is 2.26. The van der Waals surface area contributed by atoms with Crippen molar-refractivity contribution in [3.05, 3.63) is 29.4 Å². The molecule has 1 saturated carbocycles. The van der Waals surface area contributed by atoms with Crippen LogP contribution in [0.2, 0.25) is 0 Å². The molecule has 1 amide bonds. The summed E-state index contributed by atoms with van der Waals surface area (Å²) in [4.78, 5) is 12.2. The fourth-order valence-corrected chi connectivity index (χ4v) is 3.00. The lowest BCUT2D eigenvalue weighted by Crippen LogP contribution is -2.28. The quantitative estimate of drug-likeness (QED) is 0.806. The fraction of sp³-hybridized carbons (Fsp3) is 0.625. The van der Waals surface area contributed by atoms with Crippen LogP contribution in [-0.4, -0.2) is 32.1 Å². The Hall–Kier alpha value is -1.93. The van der Waals surface area contributed by atoms with E-state index >= 15 is 0 Å². The molecule has 0 spiro atoms. The Kier molecular flexibility index (Phi) is 6.95. The lowest BCUT2D eigenvalue weighted by molar-refractivity contribution is 0.0942. The van der Waals surface area contributed by atoms with Gasteiger partial charge in [-0.1, -0.05) is 23.7 Å². The molecule has 138 valence electrons. The molecule has 0 aromatic carbocycles. The van der Waals surface area contributed by atoms with Crippen molar-refractivity contribution in [1.82, 2.24) is 25.5 Å². The first-order valence-electron chi connectivity index (χ1n) is 8.55. The van der Waals surface area contributed by atoms with Crippen molar-refractivity contribution in [1.29, 1.82) is 0 Å². The third kappa shape index (κ3) is 5.02. The minimum atomic E-state index is -0.262. The Morgan fingerprint density at radius 2 is 2.16 bits per heavy atom. The van der Waals surface area contributed by atoms with E-state index in [0.717, 1.165) is 44.2 Å². The number of amides is 1. The van der Waals surface area contributed by atoms with Crippen molar-refractivity contribution in [2.45, 2.75) is 64.1 Å². The van der Waals surface area contributed by atoms with Crippen molar-refractivity contribution >= 4 is 18.3 Å². The van der Waals surface area contributed by atoms with Crippen LogP contribution in [0.3, 0.4) is 0 Å². The van der Waals surface area contributed by atoms with Gasteiger partial charge in [0.1, 0.15) is 0 Å². The first kappa shape index (κ1) is 19.4. The van der Waals surface area contributed by atoms with Gasteiger partial charge in [-0.25, -0.2) is 4.68 Å². The third-order valence-electron chi connectivity index (χ3n) is 4.40. The molecule has 3 rings (SSSR count). The summed E-state index contributed by atoms with van der Waals surface area (Å²) in [5.74, 6) is 0.377. The minimum absolute atomic E-state index is 0. The molecule has 0 unspecified atom stereocenters. The molecule has 0 radical (unpaired) electrons. The molecular weight excluding hydrogens is 344 g/mol. The molecular formula is C16H25ClN6O2. The van der Waals surface area contributed by atoms with Gasteiger partial charge in [0.15, 0.2) is 11.5 Å². The van der Waals surface area contributed by atoms with Crippen LogP contribution in [0.15, 0.2) is 16.8 Å². The predicted octanol–water partition coefficient (Wildman–Crippen LogP) is 2.01. The predicted molar refractivity (Wildman–Crippen MR) is 94.4 cm³/mol. The van der Waals surface area contributed by atoms with E-state index in [9.17, 15) is 4.79 Å². The second-order valence-electron chi connectivity index (χ2n) is 6.37. The van der Waals surface area contributed by atoms with Gasteiger partial charge in [0.25, 0.3) is 5.91 Å². The highest BCUT2D eigenvalue weighted by atomic mass is 35.5. The smallest absolute Gasteiger partial charge is 0.273 e. The zero-order valence-electron chi connectivity index (χ0n) is 14.4. The molecule has 0 saturated heterocycles. The van der Waals surface area contributed by atoms with Crippen LogP contribution in [0.25, 0.3) is 0 Å². The second-order valence-corrected chi connectivity index (χ2v) is 6.37. The molecule has 2 aromatic rings. The van der Waals surface area contributed by atoms with Crippen molar-refractivity contribution in [3.63, 3.8) is 0 Å². The Morgan fingerprint density at radius 3 is 2.88 bits per heavy atom. The van der Waals surface area contributed by atoms with Crippen LogP contribution in [0.5, 0.6) is 0 Å². The highest BCUT2D eigenvalue weighted by molar-refractivity contribution is 5.91. The zero-order chi connectivity index (χ0) is 16.9. The number of nitrogens with zero attached hydrogens (tertiary/aromatic N) is 4. The lowest BCUT2D eigenvalue weighted by Gasteiger charge is -2.25. The summed E-state index contributed by atoms with van der Waals surface area (Å²) in [6.07, 6.45) is 7.51. The summed E-state index contributed by atoms with van der Waals surface area (Å²) < 4.78 is 6.98. The van der Waals surface area contributed by atoms with Crippen LogP contribution < -0.4 is 11.1 Å². The molecule has 1 fully saturated rings. The Labute approximate surface area is 152 Å². The third-order valence-corrected chi connectivity index (χ3v) is 4.40. The van der Waals surface area contributed by atoms with Crippen LogP contribution in [-0.2, 0) is 13.0 Å². The van der Waals surface area contributed by atoms with E-state index in [0.29, 0.717) is 18.0 Å². The SMILES string of the molecule is CCCc1cc(CNC(=O)c2cn(C3CCC(N)CC3)nn2)on1.Cl. The summed E-state index contributed by atoms with van der Waals surface area (Å²) in [5.41, 5.74) is 7.14. The van der Waals surface area contributed by atoms with Gasteiger partial charge in [-0.2, -0.15) is 0 Å². The molecule has 8 nitrogen and oxygen atoms in total. The summed E-state index contributed by atoms with van der Waals surface area (Å²) >= 11 is 0. The van der Waals surface area contributed by atoms with E-state index in [-0.39, 0.29) is 30.4 Å². The van der Waals surface area contributed by atoms with E-state index in [4.69, 9.17) is 10.3 Å². The molecule has 0 bridgehead atoms. The second kappa shape index (κ2) is 8.96. The molecule has 2 aromatic heterocycles. The van der Waals surface area contributed by atoms with Crippen LogP contribution in [0.4, 0.5) is 0 Å². The van der Waals surface area contributed by atoms with Crippen molar-refractivity contribution in [2.75, 3.05) is 0 Å². The topological polar surface area (TPSA) is 112 Å². The van der Waals surface area contributed by atoms with Gasteiger partial charge in [0.05, 0.1) is 24.5 Å². The summed E-state index contributed by atoms with van der Waals surface area (Å²) in [5, 5.41) is 14.8. The number of rotatable bonds is 6. The van der Waals surface area contributed by atoms with E-state index in [1.807, 2.05) is 6.07 Å². The number of carbonyl (C=O) groups excluding carboxylic acids is 1. The normalized spacial score (nSPS) is 20.1. The lowest BCUT2D eigenvalue weighted by atomic mass is 9.92. The highest BCUT2D eigenvalue weighted by Gasteiger charge is 2.22. The molecule has 2 heterocycles. The molecule has 0 aliphatic heterocycles. The molecule has 25 heavy (non-hydrogen) atoms. The Balaban J connectivity index is 0.00000225. The van der Waals surface area contributed by atoms with Crippen molar-refractivity contribution in [3.8, 4) is 0 Å². The zero-order valence-corrected chi connectivity index (χ0v) is 15.2. The minimum Gasteiger partial charge on any atom is -0.359 e. The first-order valence-corrected chi connectivity index (χ1v) is 8.55. The summed E-state index contributed by atoms with van der Waals surface area (Å²) in [6.45, 7) is 2.38. The van der Waals surface area contributed by atoms with Crippen LogP contribution in [0, 0.1) is 0 Å². The fourth-order valence-electron chi connectivity index (χ4n) is 3.00. The maximum absolute atomic E-state index is 12.2. The van der Waals surface area contributed by atoms with Gasteiger partial charge in [-0.05, 0) is 32.1 Å². The van der Waals surface area contributed by atoms with Gasteiger partial charge in [0, 0.05) is 12.1 Å². The number of aryl methyl sites for hydroxylation is 1. The largest absolute Gasteiger partial charge is 0.359 e. The first-order chi connectivity index (χ1) is 11.7. The number of aromatic nitrogens is 4. The Morgan fingerprint density at radius 1 is 1.40 bits per heavy atom.